The third-order valence-corrected chi connectivity index (χ3v) is 3.74. The lowest BCUT2D eigenvalue weighted by molar-refractivity contribution is 0.208. The molecule has 0 saturated carbocycles. The highest BCUT2D eigenvalue weighted by molar-refractivity contribution is 5.42. The Morgan fingerprint density at radius 3 is 2.80 bits per heavy atom. The number of ether oxygens (including phenoxy) is 2. The van der Waals surface area contributed by atoms with Gasteiger partial charge in [-0.1, -0.05) is 13.0 Å². The van der Waals surface area contributed by atoms with Gasteiger partial charge in [-0.3, -0.25) is 4.90 Å². The third-order valence-electron chi connectivity index (χ3n) is 3.74. The molecule has 1 atom stereocenters. The van der Waals surface area contributed by atoms with Crippen LogP contribution in [0.1, 0.15) is 18.9 Å². The maximum atomic E-state index is 5.38. The van der Waals surface area contributed by atoms with E-state index in [0.717, 1.165) is 44.2 Å². The second-order valence-corrected chi connectivity index (χ2v) is 5.59. The predicted octanol–water partition coefficient (Wildman–Crippen LogP) is 2.14. The lowest BCUT2D eigenvalue weighted by Crippen LogP contribution is -2.38. The Balaban J connectivity index is 2.03. The molecular weight excluding hydrogens is 252 g/mol. The fourth-order valence-corrected chi connectivity index (χ4v) is 2.75. The van der Waals surface area contributed by atoms with Gasteiger partial charge in [-0.2, -0.15) is 0 Å². The van der Waals surface area contributed by atoms with Gasteiger partial charge in [0.05, 0.1) is 14.2 Å². The minimum atomic E-state index is 0.690. The lowest BCUT2D eigenvalue weighted by Gasteiger charge is -2.28. The number of hydrogen-bond donors (Lipinski definition) is 1. The molecule has 1 N–H and O–H groups in total. The van der Waals surface area contributed by atoms with Crippen LogP contribution in [0, 0.1) is 5.92 Å². The SMILES string of the molecule is COc1ccc(CN2CCCNCC(C)C2)cc1OC. The van der Waals surface area contributed by atoms with Crippen LogP contribution in [0.5, 0.6) is 11.5 Å². The van der Waals surface area contributed by atoms with Crippen LogP contribution in [0.2, 0.25) is 0 Å². The molecule has 0 radical (unpaired) electrons. The highest BCUT2D eigenvalue weighted by Gasteiger charge is 2.14. The van der Waals surface area contributed by atoms with Crippen molar-refractivity contribution in [3.63, 3.8) is 0 Å². The standard InChI is InChI=1S/C16H26N2O2/c1-13-10-17-7-4-8-18(11-13)12-14-5-6-15(19-2)16(9-14)20-3/h5-6,9,13,17H,4,7-8,10-12H2,1-3H3. The van der Waals surface area contributed by atoms with Crippen LogP contribution in [-0.4, -0.2) is 45.3 Å². The van der Waals surface area contributed by atoms with Gasteiger partial charge < -0.3 is 14.8 Å². The largest absolute Gasteiger partial charge is 0.493 e. The molecule has 1 heterocycles. The van der Waals surface area contributed by atoms with E-state index in [2.05, 4.69) is 29.3 Å². The van der Waals surface area contributed by atoms with Gasteiger partial charge in [0.25, 0.3) is 0 Å². The Labute approximate surface area is 122 Å². The third kappa shape index (κ3) is 4.12. The summed E-state index contributed by atoms with van der Waals surface area (Å²) in [6.07, 6.45) is 1.21. The summed E-state index contributed by atoms with van der Waals surface area (Å²) in [5, 5.41) is 3.49. The van der Waals surface area contributed by atoms with Crippen molar-refractivity contribution in [3.8, 4) is 11.5 Å². The van der Waals surface area contributed by atoms with Gasteiger partial charge in [0, 0.05) is 13.1 Å². The quantitative estimate of drug-likeness (QED) is 0.915. The molecule has 1 fully saturated rings. The number of methoxy groups -OCH3 is 2. The number of nitrogens with one attached hydrogen (secondary N) is 1. The Morgan fingerprint density at radius 1 is 1.25 bits per heavy atom. The van der Waals surface area contributed by atoms with Crippen LogP contribution in [0.3, 0.4) is 0 Å². The number of nitrogens with zero attached hydrogens (tertiary/aromatic N) is 1. The highest BCUT2D eigenvalue weighted by atomic mass is 16.5. The summed E-state index contributed by atoms with van der Waals surface area (Å²) in [5.74, 6) is 2.30. The van der Waals surface area contributed by atoms with Crippen molar-refractivity contribution in [3.05, 3.63) is 23.8 Å². The molecule has 4 nitrogen and oxygen atoms in total. The van der Waals surface area contributed by atoms with Gasteiger partial charge >= 0.3 is 0 Å². The van der Waals surface area contributed by atoms with Crippen LogP contribution in [0.4, 0.5) is 0 Å². The predicted molar refractivity (Wildman–Crippen MR) is 81.5 cm³/mol. The molecule has 0 bridgehead atoms. The number of benzene rings is 1. The first kappa shape index (κ1) is 15.1. The summed E-state index contributed by atoms with van der Waals surface area (Å²) < 4.78 is 10.7. The molecule has 1 unspecified atom stereocenters. The molecule has 1 aliphatic rings. The number of rotatable bonds is 4. The monoisotopic (exact) mass is 278 g/mol. The van der Waals surface area contributed by atoms with Crippen LogP contribution < -0.4 is 14.8 Å². The van der Waals surface area contributed by atoms with Gasteiger partial charge in [-0.15, -0.1) is 0 Å². The van der Waals surface area contributed by atoms with Crippen LogP contribution in [0.15, 0.2) is 18.2 Å². The number of hydrogen-bond acceptors (Lipinski definition) is 4. The molecule has 1 aromatic rings. The van der Waals surface area contributed by atoms with Gasteiger partial charge in [0.1, 0.15) is 0 Å². The van der Waals surface area contributed by atoms with Gasteiger partial charge in [-0.25, -0.2) is 0 Å². The van der Waals surface area contributed by atoms with Crippen molar-refractivity contribution in [2.24, 2.45) is 5.92 Å². The van der Waals surface area contributed by atoms with Gasteiger partial charge in [-0.05, 0) is 49.7 Å². The van der Waals surface area contributed by atoms with E-state index in [1.54, 1.807) is 14.2 Å². The van der Waals surface area contributed by atoms with Crippen LogP contribution >= 0.6 is 0 Å². The molecular formula is C16H26N2O2. The Bertz CT molecular complexity index is 423. The van der Waals surface area contributed by atoms with E-state index < -0.39 is 0 Å². The van der Waals surface area contributed by atoms with E-state index in [1.165, 1.54) is 12.0 Å². The fraction of sp³-hybridized carbons (Fsp3) is 0.625. The summed E-state index contributed by atoms with van der Waals surface area (Å²) in [6.45, 7) is 7.80. The second-order valence-electron chi connectivity index (χ2n) is 5.59. The second kappa shape index (κ2) is 7.50. The van der Waals surface area contributed by atoms with Crippen molar-refractivity contribution >= 4 is 0 Å². The van der Waals surface area contributed by atoms with Gasteiger partial charge in [0.15, 0.2) is 11.5 Å². The topological polar surface area (TPSA) is 33.7 Å². The zero-order valence-corrected chi connectivity index (χ0v) is 12.8. The van der Waals surface area contributed by atoms with E-state index >= 15 is 0 Å². The average Bonchev–Trinajstić information content (AvgIpc) is 2.44. The highest BCUT2D eigenvalue weighted by Crippen LogP contribution is 2.28. The summed E-state index contributed by atoms with van der Waals surface area (Å²) >= 11 is 0. The van der Waals surface area contributed by atoms with Crippen LogP contribution in [-0.2, 0) is 6.54 Å². The minimum absolute atomic E-state index is 0.690. The molecule has 1 saturated heterocycles. The Hall–Kier alpha value is -1.26. The molecule has 0 spiro atoms. The first-order valence-corrected chi connectivity index (χ1v) is 7.37. The summed E-state index contributed by atoms with van der Waals surface area (Å²) in [4.78, 5) is 2.53. The van der Waals surface area contributed by atoms with Gasteiger partial charge in [0.2, 0.25) is 0 Å². The maximum absolute atomic E-state index is 5.38. The van der Waals surface area contributed by atoms with Crippen molar-refractivity contribution in [2.75, 3.05) is 40.4 Å². The normalized spacial score (nSPS) is 21.1. The first-order chi connectivity index (χ1) is 9.72. The molecule has 0 aliphatic carbocycles. The van der Waals surface area contributed by atoms with E-state index in [-0.39, 0.29) is 0 Å². The molecule has 4 heteroatoms. The molecule has 1 aliphatic heterocycles. The average molecular weight is 278 g/mol. The van der Waals surface area contributed by atoms with Crippen molar-refractivity contribution in [2.45, 2.75) is 19.9 Å². The summed E-state index contributed by atoms with van der Waals surface area (Å²) in [7, 11) is 3.36. The smallest absolute Gasteiger partial charge is 0.161 e. The lowest BCUT2D eigenvalue weighted by atomic mass is 10.1. The van der Waals surface area contributed by atoms with Crippen LogP contribution in [0.25, 0.3) is 0 Å². The molecule has 112 valence electrons. The van der Waals surface area contributed by atoms with E-state index in [1.807, 2.05) is 6.07 Å². The molecule has 0 amide bonds. The van der Waals surface area contributed by atoms with Crippen molar-refractivity contribution in [1.82, 2.24) is 10.2 Å². The first-order valence-electron chi connectivity index (χ1n) is 7.37. The summed E-state index contributed by atoms with van der Waals surface area (Å²) in [5.41, 5.74) is 1.28. The zero-order chi connectivity index (χ0) is 14.4. The maximum Gasteiger partial charge on any atom is 0.161 e. The Morgan fingerprint density at radius 2 is 2.05 bits per heavy atom. The van der Waals surface area contributed by atoms with E-state index in [4.69, 9.17) is 9.47 Å². The molecule has 20 heavy (non-hydrogen) atoms. The Kier molecular flexibility index (Phi) is 5.68. The fourth-order valence-electron chi connectivity index (χ4n) is 2.75. The van der Waals surface area contributed by atoms with E-state index in [9.17, 15) is 0 Å². The summed E-state index contributed by atoms with van der Waals surface area (Å²) in [6, 6.07) is 6.20. The van der Waals surface area contributed by atoms with Crippen molar-refractivity contribution < 1.29 is 9.47 Å². The minimum Gasteiger partial charge on any atom is -0.493 e. The zero-order valence-electron chi connectivity index (χ0n) is 12.8. The molecule has 1 aromatic carbocycles. The molecule has 2 rings (SSSR count). The van der Waals surface area contributed by atoms with E-state index in [0.29, 0.717) is 5.92 Å². The molecule has 0 aromatic heterocycles. The van der Waals surface area contributed by atoms with Crippen molar-refractivity contribution in [1.29, 1.82) is 0 Å².